The highest BCUT2D eigenvalue weighted by atomic mass is 32.1. The molecule has 1 aliphatic rings. The number of nitrogens with two attached hydrogens (primary N) is 1. The van der Waals surface area contributed by atoms with Gasteiger partial charge in [0.15, 0.2) is 5.82 Å². The number of nitrogens with one attached hydrogen (secondary N) is 1. The van der Waals surface area contributed by atoms with E-state index in [2.05, 4.69) is 23.5 Å². The molecule has 3 atom stereocenters. The van der Waals surface area contributed by atoms with Gasteiger partial charge in [-0.3, -0.25) is 0 Å². The fourth-order valence-corrected chi connectivity index (χ4v) is 3.34. The SMILES string of the molecule is COC(=O)c1c(N)nsc1NC1CCC(C)C(C)C1. The third-order valence-corrected chi connectivity index (χ3v) is 4.83. The predicted molar refractivity (Wildman–Crippen MR) is 77.5 cm³/mol. The van der Waals surface area contributed by atoms with E-state index in [-0.39, 0.29) is 5.82 Å². The molecule has 0 aliphatic heterocycles. The Morgan fingerprint density at radius 1 is 1.42 bits per heavy atom. The largest absolute Gasteiger partial charge is 0.465 e. The van der Waals surface area contributed by atoms with Crippen LogP contribution in [0.3, 0.4) is 0 Å². The summed E-state index contributed by atoms with van der Waals surface area (Å²) in [5.74, 6) is 1.28. The maximum absolute atomic E-state index is 11.7. The van der Waals surface area contributed by atoms with Crippen LogP contribution in [0, 0.1) is 11.8 Å². The Morgan fingerprint density at radius 3 is 2.79 bits per heavy atom. The van der Waals surface area contributed by atoms with E-state index in [1.807, 2.05) is 0 Å². The quantitative estimate of drug-likeness (QED) is 0.834. The first kappa shape index (κ1) is 14.1. The molecule has 0 saturated heterocycles. The molecule has 0 spiro atoms. The summed E-state index contributed by atoms with van der Waals surface area (Å²) in [4.78, 5) is 11.7. The second kappa shape index (κ2) is 5.77. The lowest BCUT2D eigenvalue weighted by Gasteiger charge is -2.32. The number of hydrogen-bond donors (Lipinski definition) is 2. The maximum atomic E-state index is 11.7. The fourth-order valence-electron chi connectivity index (χ4n) is 2.56. The van der Waals surface area contributed by atoms with Crippen molar-refractivity contribution in [1.29, 1.82) is 0 Å². The summed E-state index contributed by atoms with van der Waals surface area (Å²) < 4.78 is 8.79. The van der Waals surface area contributed by atoms with E-state index in [4.69, 9.17) is 10.5 Å². The Kier molecular flexibility index (Phi) is 4.29. The average Bonchev–Trinajstić information content (AvgIpc) is 2.74. The number of carbonyl (C=O) groups excluding carboxylic acids is 1. The molecule has 0 bridgehead atoms. The number of anilines is 2. The highest BCUT2D eigenvalue weighted by Gasteiger charge is 2.27. The zero-order valence-corrected chi connectivity index (χ0v) is 12.4. The fraction of sp³-hybridized carbons (Fsp3) is 0.692. The molecule has 5 nitrogen and oxygen atoms in total. The zero-order valence-electron chi connectivity index (χ0n) is 11.6. The minimum atomic E-state index is -0.425. The molecule has 1 aromatic heterocycles. The average molecular weight is 283 g/mol. The van der Waals surface area contributed by atoms with Gasteiger partial charge >= 0.3 is 5.97 Å². The van der Waals surface area contributed by atoms with Crippen LogP contribution >= 0.6 is 11.5 Å². The molecule has 2 rings (SSSR count). The summed E-state index contributed by atoms with van der Waals surface area (Å²) >= 11 is 1.23. The van der Waals surface area contributed by atoms with E-state index in [0.717, 1.165) is 23.8 Å². The third-order valence-electron chi connectivity index (χ3n) is 4.04. The van der Waals surface area contributed by atoms with E-state index in [1.54, 1.807) is 0 Å². The summed E-state index contributed by atoms with van der Waals surface area (Å²) in [6.07, 6.45) is 3.43. The molecular weight excluding hydrogens is 262 g/mol. The van der Waals surface area contributed by atoms with Crippen molar-refractivity contribution < 1.29 is 9.53 Å². The van der Waals surface area contributed by atoms with Crippen molar-refractivity contribution in [3.63, 3.8) is 0 Å². The molecule has 0 aromatic carbocycles. The van der Waals surface area contributed by atoms with Crippen molar-refractivity contribution >= 4 is 28.3 Å². The number of esters is 1. The minimum Gasteiger partial charge on any atom is -0.465 e. The van der Waals surface area contributed by atoms with Crippen LogP contribution in [-0.4, -0.2) is 23.5 Å². The number of hydrogen-bond acceptors (Lipinski definition) is 6. The Labute approximate surface area is 117 Å². The second-order valence-electron chi connectivity index (χ2n) is 5.37. The van der Waals surface area contributed by atoms with Gasteiger partial charge in [-0.25, -0.2) is 4.79 Å². The van der Waals surface area contributed by atoms with Crippen molar-refractivity contribution in [3.8, 4) is 0 Å². The molecule has 1 aromatic rings. The molecular formula is C13H21N3O2S. The second-order valence-corrected chi connectivity index (χ2v) is 6.15. The first-order valence-electron chi connectivity index (χ1n) is 6.63. The molecule has 19 heavy (non-hydrogen) atoms. The van der Waals surface area contributed by atoms with E-state index < -0.39 is 5.97 Å². The first-order valence-corrected chi connectivity index (χ1v) is 7.40. The Balaban J connectivity index is 2.09. The van der Waals surface area contributed by atoms with Crippen LogP contribution in [0.1, 0.15) is 43.5 Å². The normalized spacial score (nSPS) is 27.0. The Hall–Kier alpha value is -1.30. The Morgan fingerprint density at radius 2 is 2.16 bits per heavy atom. The van der Waals surface area contributed by atoms with Crippen molar-refractivity contribution in [1.82, 2.24) is 4.37 Å². The third kappa shape index (κ3) is 3.00. The summed E-state index contributed by atoms with van der Waals surface area (Å²) in [5.41, 5.74) is 6.10. The van der Waals surface area contributed by atoms with Gasteiger partial charge in [0.05, 0.1) is 7.11 Å². The molecule has 6 heteroatoms. The topological polar surface area (TPSA) is 77.2 Å². The number of methoxy groups -OCH3 is 1. The van der Waals surface area contributed by atoms with Gasteiger partial charge in [0.2, 0.25) is 0 Å². The Bertz CT molecular complexity index is 461. The van der Waals surface area contributed by atoms with Gasteiger partial charge in [0.1, 0.15) is 10.6 Å². The number of nitrogens with zero attached hydrogens (tertiary/aromatic N) is 1. The van der Waals surface area contributed by atoms with Gasteiger partial charge in [-0.1, -0.05) is 13.8 Å². The molecule has 0 amide bonds. The standard InChI is InChI=1S/C13H21N3O2S/c1-7-4-5-9(6-8(7)2)15-12-10(13(17)18-3)11(14)16-19-12/h7-9,15H,4-6H2,1-3H3,(H2,14,16). The van der Waals surface area contributed by atoms with Gasteiger partial charge in [0, 0.05) is 6.04 Å². The summed E-state index contributed by atoms with van der Waals surface area (Å²) in [6.45, 7) is 4.58. The summed E-state index contributed by atoms with van der Waals surface area (Å²) in [7, 11) is 1.35. The number of rotatable bonds is 3. The monoisotopic (exact) mass is 283 g/mol. The number of aromatic nitrogens is 1. The van der Waals surface area contributed by atoms with Gasteiger partial charge in [-0.15, -0.1) is 0 Å². The molecule has 0 radical (unpaired) electrons. The van der Waals surface area contributed by atoms with Gasteiger partial charge in [-0.2, -0.15) is 4.37 Å². The number of carbonyl (C=O) groups is 1. The van der Waals surface area contributed by atoms with Crippen molar-refractivity contribution in [3.05, 3.63) is 5.56 Å². The van der Waals surface area contributed by atoms with E-state index in [1.165, 1.54) is 25.1 Å². The minimum absolute atomic E-state index is 0.247. The van der Waals surface area contributed by atoms with E-state index >= 15 is 0 Å². The lowest BCUT2D eigenvalue weighted by molar-refractivity contribution is 0.0603. The van der Waals surface area contributed by atoms with Crippen LogP contribution in [-0.2, 0) is 4.74 Å². The van der Waals surface area contributed by atoms with E-state index in [9.17, 15) is 4.79 Å². The molecule has 106 valence electrons. The predicted octanol–water partition coefficient (Wildman–Crippen LogP) is 2.75. The van der Waals surface area contributed by atoms with Gasteiger partial charge < -0.3 is 15.8 Å². The molecule has 3 N–H and O–H groups in total. The number of ether oxygens (including phenoxy) is 1. The van der Waals surface area contributed by atoms with Crippen LogP contribution in [0.25, 0.3) is 0 Å². The van der Waals surface area contributed by atoms with Crippen molar-refractivity contribution in [2.75, 3.05) is 18.2 Å². The zero-order chi connectivity index (χ0) is 14.0. The molecule has 1 fully saturated rings. The van der Waals surface area contributed by atoms with Crippen LogP contribution in [0.2, 0.25) is 0 Å². The summed E-state index contributed by atoms with van der Waals surface area (Å²) in [6, 6.07) is 0.384. The molecule has 1 saturated carbocycles. The summed E-state index contributed by atoms with van der Waals surface area (Å²) in [5, 5.41) is 4.14. The highest BCUT2D eigenvalue weighted by Crippen LogP contribution is 2.34. The van der Waals surface area contributed by atoms with Gasteiger partial charge in [-0.05, 0) is 42.6 Å². The smallest absolute Gasteiger partial charge is 0.344 e. The van der Waals surface area contributed by atoms with E-state index in [0.29, 0.717) is 17.5 Å². The van der Waals surface area contributed by atoms with Crippen LogP contribution in [0.5, 0.6) is 0 Å². The van der Waals surface area contributed by atoms with Gasteiger partial charge in [0.25, 0.3) is 0 Å². The van der Waals surface area contributed by atoms with Crippen molar-refractivity contribution in [2.45, 2.75) is 39.2 Å². The maximum Gasteiger partial charge on any atom is 0.344 e. The van der Waals surface area contributed by atoms with Crippen molar-refractivity contribution in [2.24, 2.45) is 11.8 Å². The molecule has 1 heterocycles. The lowest BCUT2D eigenvalue weighted by Crippen LogP contribution is -2.30. The number of nitrogen functional groups attached to an aromatic ring is 1. The molecule has 1 aliphatic carbocycles. The van der Waals surface area contributed by atoms with Crippen LogP contribution in [0.15, 0.2) is 0 Å². The molecule has 3 unspecified atom stereocenters. The van der Waals surface area contributed by atoms with Crippen LogP contribution < -0.4 is 11.1 Å². The lowest BCUT2D eigenvalue weighted by atomic mass is 9.79. The van der Waals surface area contributed by atoms with Crippen LogP contribution in [0.4, 0.5) is 10.8 Å². The highest BCUT2D eigenvalue weighted by molar-refractivity contribution is 7.11. The first-order chi connectivity index (χ1) is 9.02.